The monoisotopic (exact) mass is 299 g/mol. The molecule has 3 heteroatoms. The summed E-state index contributed by atoms with van der Waals surface area (Å²) in [6.45, 7) is 3.87. The summed E-state index contributed by atoms with van der Waals surface area (Å²) in [6.07, 6.45) is 0.465. The molecule has 3 unspecified atom stereocenters. The lowest BCUT2D eigenvalue weighted by Gasteiger charge is -2.42. The van der Waals surface area contributed by atoms with Gasteiger partial charge >= 0.3 is 0 Å². The summed E-state index contributed by atoms with van der Waals surface area (Å²) in [7, 11) is 0. The zero-order chi connectivity index (χ0) is 15.5. The third-order valence-electron chi connectivity index (χ3n) is 4.74. The highest BCUT2D eigenvalue weighted by molar-refractivity contribution is 5.23. The number of aliphatic hydroxyl groups excluding tert-OH is 1. The quantitative estimate of drug-likeness (QED) is 0.936. The first-order valence-corrected chi connectivity index (χ1v) is 7.86. The molecule has 1 saturated heterocycles. The van der Waals surface area contributed by atoms with Gasteiger partial charge in [0.2, 0.25) is 0 Å². The zero-order valence-electron chi connectivity index (χ0n) is 12.8. The van der Waals surface area contributed by atoms with Crippen LogP contribution in [0.5, 0.6) is 0 Å². The number of nitrogens with zero attached hydrogens (tertiary/aromatic N) is 1. The first-order chi connectivity index (χ1) is 10.6. The highest BCUT2D eigenvalue weighted by Crippen LogP contribution is 2.32. The van der Waals surface area contributed by atoms with E-state index in [1.165, 1.54) is 17.7 Å². The first-order valence-electron chi connectivity index (χ1n) is 7.86. The summed E-state index contributed by atoms with van der Waals surface area (Å²) in [4.78, 5) is 2.32. The second-order valence-corrected chi connectivity index (χ2v) is 6.13. The van der Waals surface area contributed by atoms with Crippen LogP contribution in [0.3, 0.4) is 0 Å². The van der Waals surface area contributed by atoms with Gasteiger partial charge in [0.25, 0.3) is 0 Å². The number of halogens is 1. The van der Waals surface area contributed by atoms with Crippen molar-refractivity contribution in [3.63, 3.8) is 0 Å². The van der Waals surface area contributed by atoms with Gasteiger partial charge in [0.1, 0.15) is 5.82 Å². The lowest BCUT2D eigenvalue weighted by Crippen LogP contribution is -2.49. The minimum atomic E-state index is -0.428. The van der Waals surface area contributed by atoms with Gasteiger partial charge in [-0.25, -0.2) is 4.39 Å². The van der Waals surface area contributed by atoms with Crippen molar-refractivity contribution in [3.8, 4) is 0 Å². The summed E-state index contributed by atoms with van der Waals surface area (Å²) in [5.41, 5.74) is 2.29. The number of aliphatic hydroxyl groups is 1. The van der Waals surface area contributed by atoms with Crippen molar-refractivity contribution in [2.75, 3.05) is 6.54 Å². The van der Waals surface area contributed by atoms with Crippen molar-refractivity contribution in [3.05, 3.63) is 71.5 Å². The van der Waals surface area contributed by atoms with Crippen LogP contribution in [-0.4, -0.2) is 28.7 Å². The second kappa shape index (κ2) is 6.59. The average molecular weight is 299 g/mol. The SMILES string of the molecule is CC1C(O)C(c2ccc(F)cc2)CCN1Cc1ccccc1. The Labute approximate surface area is 131 Å². The van der Waals surface area contributed by atoms with Crippen molar-refractivity contribution in [1.82, 2.24) is 4.90 Å². The predicted molar refractivity (Wildman–Crippen MR) is 86.1 cm³/mol. The van der Waals surface area contributed by atoms with Gasteiger partial charge in [-0.1, -0.05) is 42.5 Å². The molecule has 22 heavy (non-hydrogen) atoms. The van der Waals surface area contributed by atoms with E-state index in [-0.39, 0.29) is 17.8 Å². The molecule has 1 N–H and O–H groups in total. The molecule has 1 aliphatic rings. The van der Waals surface area contributed by atoms with E-state index in [0.717, 1.165) is 25.1 Å². The van der Waals surface area contributed by atoms with Crippen molar-refractivity contribution in [2.24, 2.45) is 0 Å². The summed E-state index contributed by atoms with van der Waals surface area (Å²) in [5.74, 6) is -0.143. The number of hydrogen-bond donors (Lipinski definition) is 1. The maximum atomic E-state index is 13.1. The first kappa shape index (κ1) is 15.2. The van der Waals surface area contributed by atoms with Gasteiger partial charge in [-0.2, -0.15) is 0 Å². The molecule has 1 fully saturated rings. The molecule has 116 valence electrons. The standard InChI is InChI=1S/C19H22FNO/c1-14-19(22)18(16-7-9-17(20)10-8-16)11-12-21(14)13-15-5-3-2-4-6-15/h2-10,14,18-19,22H,11-13H2,1H3. The fourth-order valence-corrected chi connectivity index (χ4v) is 3.35. The smallest absolute Gasteiger partial charge is 0.123 e. The van der Waals surface area contributed by atoms with Crippen LogP contribution in [0.4, 0.5) is 4.39 Å². The van der Waals surface area contributed by atoms with E-state index < -0.39 is 6.10 Å². The molecule has 2 aromatic carbocycles. The van der Waals surface area contributed by atoms with E-state index in [9.17, 15) is 9.50 Å². The van der Waals surface area contributed by atoms with Gasteiger partial charge in [-0.15, -0.1) is 0 Å². The molecule has 1 heterocycles. The van der Waals surface area contributed by atoms with Gasteiger partial charge in [0.05, 0.1) is 6.10 Å². The third kappa shape index (κ3) is 3.21. The average Bonchev–Trinajstić information content (AvgIpc) is 2.54. The molecular weight excluding hydrogens is 277 g/mol. The van der Waals surface area contributed by atoms with E-state index in [1.807, 2.05) is 18.2 Å². The molecule has 0 aliphatic carbocycles. The van der Waals surface area contributed by atoms with Crippen molar-refractivity contribution in [1.29, 1.82) is 0 Å². The van der Waals surface area contributed by atoms with Crippen LogP contribution in [0.2, 0.25) is 0 Å². The van der Waals surface area contributed by atoms with E-state index in [1.54, 1.807) is 12.1 Å². The number of likely N-dealkylation sites (tertiary alicyclic amines) is 1. The predicted octanol–water partition coefficient (Wildman–Crippen LogP) is 3.56. The molecule has 3 rings (SSSR count). The highest BCUT2D eigenvalue weighted by Gasteiger charge is 2.34. The van der Waals surface area contributed by atoms with Crippen LogP contribution < -0.4 is 0 Å². The zero-order valence-corrected chi connectivity index (χ0v) is 12.8. The largest absolute Gasteiger partial charge is 0.391 e. The molecule has 2 nitrogen and oxygen atoms in total. The molecule has 0 spiro atoms. The van der Waals surface area contributed by atoms with Crippen molar-refractivity contribution in [2.45, 2.75) is 38.0 Å². The maximum absolute atomic E-state index is 13.1. The molecule has 1 aliphatic heterocycles. The normalized spacial score (nSPS) is 26.0. The topological polar surface area (TPSA) is 23.5 Å². The Morgan fingerprint density at radius 1 is 1.09 bits per heavy atom. The molecule has 2 aromatic rings. The maximum Gasteiger partial charge on any atom is 0.123 e. The van der Waals surface area contributed by atoms with Crippen molar-refractivity contribution < 1.29 is 9.50 Å². The molecule has 0 radical (unpaired) electrons. The summed E-state index contributed by atoms with van der Waals surface area (Å²) in [5, 5.41) is 10.7. The van der Waals surface area contributed by atoms with Crippen LogP contribution in [0, 0.1) is 5.82 Å². The number of benzene rings is 2. The molecule has 0 saturated carbocycles. The molecule has 0 aromatic heterocycles. The third-order valence-corrected chi connectivity index (χ3v) is 4.74. The van der Waals surface area contributed by atoms with Crippen LogP contribution in [0.1, 0.15) is 30.4 Å². The second-order valence-electron chi connectivity index (χ2n) is 6.13. The van der Waals surface area contributed by atoms with Crippen LogP contribution in [0.15, 0.2) is 54.6 Å². The number of hydrogen-bond acceptors (Lipinski definition) is 2. The van der Waals surface area contributed by atoms with E-state index >= 15 is 0 Å². The van der Waals surface area contributed by atoms with Gasteiger partial charge in [-0.3, -0.25) is 4.90 Å². The molecule has 0 amide bonds. The minimum absolute atomic E-state index is 0.0858. The molecular formula is C19H22FNO. The Morgan fingerprint density at radius 3 is 2.45 bits per heavy atom. The van der Waals surface area contributed by atoms with Gasteiger partial charge in [-0.05, 0) is 43.1 Å². The number of piperidine rings is 1. The highest BCUT2D eigenvalue weighted by atomic mass is 19.1. The van der Waals surface area contributed by atoms with E-state index in [0.29, 0.717) is 0 Å². The Morgan fingerprint density at radius 2 is 1.77 bits per heavy atom. The fraction of sp³-hybridized carbons (Fsp3) is 0.368. The van der Waals surface area contributed by atoms with Crippen LogP contribution >= 0.6 is 0 Å². The minimum Gasteiger partial charge on any atom is -0.391 e. The van der Waals surface area contributed by atoms with Gasteiger partial charge in [0.15, 0.2) is 0 Å². The van der Waals surface area contributed by atoms with Crippen molar-refractivity contribution >= 4 is 0 Å². The summed E-state index contributed by atoms with van der Waals surface area (Å²) < 4.78 is 13.1. The molecule has 0 bridgehead atoms. The van der Waals surface area contributed by atoms with Gasteiger partial charge in [0, 0.05) is 18.5 Å². The Hall–Kier alpha value is -1.71. The summed E-state index contributed by atoms with van der Waals surface area (Å²) in [6, 6.07) is 17.0. The fourth-order valence-electron chi connectivity index (χ4n) is 3.35. The van der Waals surface area contributed by atoms with Crippen LogP contribution in [-0.2, 0) is 6.54 Å². The Bertz CT molecular complexity index is 599. The molecule has 3 atom stereocenters. The van der Waals surface area contributed by atoms with E-state index in [4.69, 9.17) is 0 Å². The summed E-state index contributed by atoms with van der Waals surface area (Å²) >= 11 is 0. The lowest BCUT2D eigenvalue weighted by molar-refractivity contribution is -0.000917. The van der Waals surface area contributed by atoms with Crippen LogP contribution in [0.25, 0.3) is 0 Å². The lowest BCUT2D eigenvalue weighted by atomic mass is 9.83. The Kier molecular flexibility index (Phi) is 4.55. The Balaban J connectivity index is 1.70. The van der Waals surface area contributed by atoms with E-state index in [2.05, 4.69) is 24.0 Å². The number of rotatable bonds is 3. The van der Waals surface area contributed by atoms with Gasteiger partial charge < -0.3 is 5.11 Å².